The highest BCUT2D eigenvalue weighted by atomic mass is 14.1. The van der Waals surface area contributed by atoms with Gasteiger partial charge in [0.15, 0.2) is 0 Å². The lowest BCUT2D eigenvalue weighted by Crippen LogP contribution is -1.97. The Bertz CT molecular complexity index is 245. The summed E-state index contributed by atoms with van der Waals surface area (Å²) in [6, 6.07) is 9.14. The van der Waals surface area contributed by atoms with Gasteiger partial charge in [0.2, 0.25) is 0 Å². The zero-order valence-corrected chi connectivity index (χ0v) is 9.72. The SMILES string of the molecule is CCCc1ccc(CC(C)CC)cc1. The van der Waals surface area contributed by atoms with E-state index in [1.54, 1.807) is 0 Å². The summed E-state index contributed by atoms with van der Waals surface area (Å²) in [4.78, 5) is 0. The van der Waals surface area contributed by atoms with Crippen LogP contribution in [0.3, 0.4) is 0 Å². The molecular formula is C14H22. The summed E-state index contributed by atoms with van der Waals surface area (Å²) < 4.78 is 0. The van der Waals surface area contributed by atoms with Gasteiger partial charge in [-0.3, -0.25) is 0 Å². The summed E-state index contributed by atoms with van der Waals surface area (Å²) in [5.41, 5.74) is 2.96. The molecule has 0 aliphatic heterocycles. The van der Waals surface area contributed by atoms with E-state index in [1.165, 1.54) is 36.8 Å². The van der Waals surface area contributed by atoms with Gasteiger partial charge >= 0.3 is 0 Å². The van der Waals surface area contributed by atoms with E-state index >= 15 is 0 Å². The Balaban J connectivity index is 2.54. The molecule has 78 valence electrons. The lowest BCUT2D eigenvalue weighted by atomic mass is 9.97. The zero-order valence-electron chi connectivity index (χ0n) is 9.72. The van der Waals surface area contributed by atoms with Gasteiger partial charge in [-0.2, -0.15) is 0 Å². The Kier molecular flexibility index (Phi) is 4.72. The Labute approximate surface area is 88.4 Å². The maximum atomic E-state index is 2.32. The molecule has 0 spiro atoms. The first kappa shape index (κ1) is 11.3. The first-order valence-corrected chi connectivity index (χ1v) is 5.84. The predicted molar refractivity (Wildman–Crippen MR) is 63.6 cm³/mol. The summed E-state index contributed by atoms with van der Waals surface area (Å²) >= 11 is 0. The summed E-state index contributed by atoms with van der Waals surface area (Å²) in [6.07, 6.45) is 4.95. The first-order valence-electron chi connectivity index (χ1n) is 5.84. The third-order valence-corrected chi connectivity index (χ3v) is 2.84. The standard InChI is InChI=1S/C14H22/c1-4-6-13-7-9-14(10-8-13)11-12(3)5-2/h7-10,12H,4-6,11H2,1-3H3. The van der Waals surface area contributed by atoms with Crippen molar-refractivity contribution in [3.63, 3.8) is 0 Å². The van der Waals surface area contributed by atoms with Crippen molar-refractivity contribution in [2.75, 3.05) is 0 Å². The van der Waals surface area contributed by atoms with E-state index < -0.39 is 0 Å². The van der Waals surface area contributed by atoms with Crippen LogP contribution in [0, 0.1) is 5.92 Å². The number of benzene rings is 1. The van der Waals surface area contributed by atoms with Crippen LogP contribution in [-0.4, -0.2) is 0 Å². The number of rotatable bonds is 5. The zero-order chi connectivity index (χ0) is 10.4. The third-order valence-electron chi connectivity index (χ3n) is 2.84. The molecule has 1 aromatic rings. The molecule has 0 aromatic heterocycles. The molecular weight excluding hydrogens is 168 g/mol. The van der Waals surface area contributed by atoms with Gasteiger partial charge in [0.25, 0.3) is 0 Å². The van der Waals surface area contributed by atoms with E-state index in [0.29, 0.717) is 0 Å². The predicted octanol–water partition coefficient (Wildman–Crippen LogP) is 4.23. The van der Waals surface area contributed by atoms with Crippen LogP contribution in [0.5, 0.6) is 0 Å². The van der Waals surface area contributed by atoms with Crippen molar-refractivity contribution in [3.05, 3.63) is 35.4 Å². The largest absolute Gasteiger partial charge is 0.0651 e. The van der Waals surface area contributed by atoms with Crippen LogP contribution in [0.1, 0.15) is 44.7 Å². The lowest BCUT2D eigenvalue weighted by molar-refractivity contribution is 0.560. The third kappa shape index (κ3) is 3.53. The van der Waals surface area contributed by atoms with Gasteiger partial charge in [-0.05, 0) is 29.9 Å². The van der Waals surface area contributed by atoms with Crippen molar-refractivity contribution >= 4 is 0 Å². The number of hydrogen-bond donors (Lipinski definition) is 0. The molecule has 1 aromatic carbocycles. The average Bonchev–Trinajstić information content (AvgIpc) is 2.21. The Morgan fingerprint density at radius 1 is 1.00 bits per heavy atom. The van der Waals surface area contributed by atoms with Crippen molar-refractivity contribution in [1.82, 2.24) is 0 Å². The van der Waals surface area contributed by atoms with Gasteiger partial charge in [-0.1, -0.05) is 57.9 Å². The molecule has 0 heteroatoms. The fourth-order valence-electron chi connectivity index (χ4n) is 1.68. The molecule has 1 atom stereocenters. The van der Waals surface area contributed by atoms with E-state index in [4.69, 9.17) is 0 Å². The number of aryl methyl sites for hydroxylation is 1. The Morgan fingerprint density at radius 3 is 2.07 bits per heavy atom. The quantitative estimate of drug-likeness (QED) is 0.652. The molecule has 0 aliphatic carbocycles. The number of hydrogen-bond acceptors (Lipinski definition) is 0. The van der Waals surface area contributed by atoms with Crippen LogP contribution in [-0.2, 0) is 12.8 Å². The molecule has 0 saturated heterocycles. The van der Waals surface area contributed by atoms with Gasteiger partial charge in [0.1, 0.15) is 0 Å². The van der Waals surface area contributed by atoms with Crippen LogP contribution >= 0.6 is 0 Å². The monoisotopic (exact) mass is 190 g/mol. The van der Waals surface area contributed by atoms with E-state index in [0.717, 1.165) is 5.92 Å². The van der Waals surface area contributed by atoms with Gasteiger partial charge in [0.05, 0.1) is 0 Å². The summed E-state index contributed by atoms with van der Waals surface area (Å²) in [7, 11) is 0. The molecule has 0 amide bonds. The van der Waals surface area contributed by atoms with Crippen molar-refractivity contribution < 1.29 is 0 Å². The minimum Gasteiger partial charge on any atom is -0.0651 e. The summed E-state index contributed by atoms with van der Waals surface area (Å²) in [6.45, 7) is 6.81. The smallest absolute Gasteiger partial charge is 0.0253 e. The van der Waals surface area contributed by atoms with E-state index in [1.807, 2.05) is 0 Å². The fraction of sp³-hybridized carbons (Fsp3) is 0.571. The van der Waals surface area contributed by atoms with Crippen LogP contribution < -0.4 is 0 Å². The molecule has 1 unspecified atom stereocenters. The second-order valence-electron chi connectivity index (χ2n) is 4.28. The van der Waals surface area contributed by atoms with Gasteiger partial charge < -0.3 is 0 Å². The highest BCUT2D eigenvalue weighted by Crippen LogP contribution is 2.13. The topological polar surface area (TPSA) is 0 Å². The van der Waals surface area contributed by atoms with Crippen molar-refractivity contribution in [3.8, 4) is 0 Å². The second-order valence-corrected chi connectivity index (χ2v) is 4.28. The van der Waals surface area contributed by atoms with Crippen LogP contribution in [0.2, 0.25) is 0 Å². The molecule has 0 radical (unpaired) electrons. The molecule has 0 saturated carbocycles. The maximum absolute atomic E-state index is 2.32. The summed E-state index contributed by atoms with van der Waals surface area (Å²) in [5, 5.41) is 0. The molecule has 1 rings (SSSR count). The highest BCUT2D eigenvalue weighted by Gasteiger charge is 2.00. The lowest BCUT2D eigenvalue weighted by Gasteiger charge is -2.08. The first-order chi connectivity index (χ1) is 6.76. The van der Waals surface area contributed by atoms with E-state index in [-0.39, 0.29) is 0 Å². The Morgan fingerprint density at radius 2 is 1.57 bits per heavy atom. The Hall–Kier alpha value is -0.780. The molecule has 0 aliphatic rings. The van der Waals surface area contributed by atoms with E-state index in [9.17, 15) is 0 Å². The van der Waals surface area contributed by atoms with Gasteiger partial charge in [0, 0.05) is 0 Å². The van der Waals surface area contributed by atoms with Gasteiger partial charge in [-0.15, -0.1) is 0 Å². The second kappa shape index (κ2) is 5.85. The average molecular weight is 190 g/mol. The minimum atomic E-state index is 0.812. The normalized spacial score (nSPS) is 12.8. The molecule has 0 nitrogen and oxygen atoms in total. The fourth-order valence-corrected chi connectivity index (χ4v) is 1.68. The molecule has 0 fully saturated rings. The molecule has 0 bridgehead atoms. The van der Waals surface area contributed by atoms with Crippen molar-refractivity contribution in [2.24, 2.45) is 5.92 Å². The van der Waals surface area contributed by atoms with Crippen LogP contribution in [0.15, 0.2) is 24.3 Å². The molecule has 14 heavy (non-hydrogen) atoms. The summed E-state index contributed by atoms with van der Waals surface area (Å²) in [5.74, 6) is 0.812. The van der Waals surface area contributed by atoms with Crippen LogP contribution in [0.4, 0.5) is 0 Å². The van der Waals surface area contributed by atoms with Crippen molar-refractivity contribution in [2.45, 2.75) is 46.5 Å². The van der Waals surface area contributed by atoms with Crippen LogP contribution in [0.25, 0.3) is 0 Å². The van der Waals surface area contributed by atoms with Crippen molar-refractivity contribution in [1.29, 1.82) is 0 Å². The van der Waals surface area contributed by atoms with E-state index in [2.05, 4.69) is 45.0 Å². The maximum Gasteiger partial charge on any atom is -0.0253 e. The molecule has 0 heterocycles. The molecule has 0 N–H and O–H groups in total. The highest BCUT2D eigenvalue weighted by molar-refractivity contribution is 5.22. The van der Waals surface area contributed by atoms with Gasteiger partial charge in [-0.25, -0.2) is 0 Å². The minimum absolute atomic E-state index is 0.812.